The van der Waals surface area contributed by atoms with Crippen LogP contribution in [0.5, 0.6) is 0 Å². The molecule has 0 fully saturated rings. The summed E-state index contributed by atoms with van der Waals surface area (Å²) in [6.45, 7) is 0. The number of amides is 1. The minimum Gasteiger partial charge on any atom is -0.340 e. The second-order valence-corrected chi connectivity index (χ2v) is 5.44. The highest BCUT2D eigenvalue weighted by Crippen LogP contribution is 2.23. The molecule has 1 atom stereocenters. The van der Waals surface area contributed by atoms with Crippen LogP contribution in [0, 0.1) is 5.82 Å². The number of carbonyl (C=O) groups is 1. The fourth-order valence-corrected chi connectivity index (χ4v) is 2.55. The van der Waals surface area contributed by atoms with Gasteiger partial charge in [0.05, 0.1) is 12.2 Å². The summed E-state index contributed by atoms with van der Waals surface area (Å²) >= 11 is 1.03. The molecule has 1 N–H and O–H groups in total. The van der Waals surface area contributed by atoms with Crippen molar-refractivity contribution in [1.82, 2.24) is 14.9 Å². The summed E-state index contributed by atoms with van der Waals surface area (Å²) in [6.07, 6.45) is 1.42. The first-order valence-electron chi connectivity index (χ1n) is 6.62. The smallest absolute Gasteiger partial charge is 0.265 e. The van der Waals surface area contributed by atoms with Crippen LogP contribution in [0.4, 0.5) is 4.39 Å². The van der Waals surface area contributed by atoms with Crippen LogP contribution in [-0.4, -0.2) is 15.5 Å². The monoisotopic (exact) mass is 313 g/mol. The van der Waals surface area contributed by atoms with E-state index in [9.17, 15) is 9.18 Å². The molecule has 2 aromatic carbocycles. The molecule has 22 heavy (non-hydrogen) atoms. The van der Waals surface area contributed by atoms with Crippen molar-refractivity contribution < 1.29 is 9.18 Å². The molecule has 6 heteroatoms. The van der Waals surface area contributed by atoms with E-state index in [1.54, 1.807) is 12.1 Å². The molecule has 4 nitrogen and oxygen atoms in total. The first-order chi connectivity index (χ1) is 10.7. The van der Waals surface area contributed by atoms with Gasteiger partial charge in [0.15, 0.2) is 0 Å². The number of hydrogen-bond donors (Lipinski definition) is 1. The highest BCUT2D eigenvalue weighted by molar-refractivity contribution is 7.07. The Morgan fingerprint density at radius 1 is 1.05 bits per heavy atom. The number of carbonyl (C=O) groups excluding carboxylic acids is 1. The number of halogens is 1. The molecular weight excluding hydrogens is 301 g/mol. The molecule has 0 saturated heterocycles. The molecule has 1 unspecified atom stereocenters. The number of aromatic nitrogens is 2. The molecule has 1 heterocycles. The van der Waals surface area contributed by atoms with E-state index < -0.39 is 0 Å². The number of nitrogens with zero attached hydrogens (tertiary/aromatic N) is 2. The van der Waals surface area contributed by atoms with Gasteiger partial charge in [0.25, 0.3) is 5.91 Å². The van der Waals surface area contributed by atoms with E-state index in [1.807, 2.05) is 30.3 Å². The van der Waals surface area contributed by atoms with E-state index >= 15 is 0 Å². The van der Waals surface area contributed by atoms with Crippen molar-refractivity contribution >= 4 is 17.4 Å². The van der Waals surface area contributed by atoms with Crippen LogP contribution < -0.4 is 5.32 Å². The van der Waals surface area contributed by atoms with Gasteiger partial charge >= 0.3 is 0 Å². The summed E-state index contributed by atoms with van der Waals surface area (Å²) in [5, 5.41) is 6.61. The summed E-state index contributed by atoms with van der Waals surface area (Å²) in [5.74, 6) is -0.568. The van der Waals surface area contributed by atoms with Crippen molar-refractivity contribution in [3.05, 3.63) is 82.6 Å². The zero-order valence-corrected chi connectivity index (χ0v) is 12.3. The summed E-state index contributed by atoms with van der Waals surface area (Å²) in [5.41, 5.74) is 1.72. The minimum atomic E-state index is -0.364. The number of hydrogen-bond acceptors (Lipinski definition) is 4. The van der Waals surface area contributed by atoms with Crippen LogP contribution in [0.2, 0.25) is 0 Å². The van der Waals surface area contributed by atoms with E-state index in [0.29, 0.717) is 4.88 Å². The van der Waals surface area contributed by atoms with Gasteiger partial charge in [-0.15, -0.1) is 5.10 Å². The van der Waals surface area contributed by atoms with E-state index in [1.165, 1.54) is 18.3 Å². The fraction of sp³-hybridized carbons (Fsp3) is 0.0625. The minimum absolute atomic E-state index is 0.256. The van der Waals surface area contributed by atoms with Crippen LogP contribution in [0.25, 0.3) is 0 Å². The van der Waals surface area contributed by atoms with E-state index in [2.05, 4.69) is 14.9 Å². The standard InChI is InChI=1S/C16H12FN3OS/c17-13-8-6-12(7-9-13)15(11-4-2-1-3-5-11)19-16(21)14-10-18-20-22-14/h1-10,15H,(H,19,21). The van der Waals surface area contributed by atoms with Crippen LogP contribution in [0.15, 0.2) is 60.8 Å². The van der Waals surface area contributed by atoms with Gasteiger partial charge in [0.1, 0.15) is 10.7 Å². The molecule has 1 aromatic heterocycles. The largest absolute Gasteiger partial charge is 0.340 e. The van der Waals surface area contributed by atoms with Crippen molar-refractivity contribution in [3.63, 3.8) is 0 Å². The van der Waals surface area contributed by atoms with Crippen molar-refractivity contribution in [2.45, 2.75) is 6.04 Å². The molecule has 110 valence electrons. The second kappa shape index (κ2) is 6.44. The molecular formula is C16H12FN3OS. The Hall–Kier alpha value is -2.60. The lowest BCUT2D eigenvalue weighted by Crippen LogP contribution is -2.28. The molecule has 0 bridgehead atoms. The second-order valence-electron chi connectivity index (χ2n) is 4.65. The quantitative estimate of drug-likeness (QED) is 0.805. The van der Waals surface area contributed by atoms with Gasteiger partial charge in [-0.05, 0) is 34.8 Å². The van der Waals surface area contributed by atoms with Crippen molar-refractivity contribution in [2.24, 2.45) is 0 Å². The zero-order valence-electron chi connectivity index (χ0n) is 11.4. The Morgan fingerprint density at radius 2 is 1.73 bits per heavy atom. The Kier molecular flexibility index (Phi) is 4.20. The molecule has 3 aromatic rings. The highest BCUT2D eigenvalue weighted by atomic mass is 32.1. The third-order valence-corrected chi connectivity index (χ3v) is 3.86. The highest BCUT2D eigenvalue weighted by Gasteiger charge is 2.18. The lowest BCUT2D eigenvalue weighted by atomic mass is 9.98. The zero-order chi connectivity index (χ0) is 15.4. The van der Waals surface area contributed by atoms with Crippen LogP contribution in [0.1, 0.15) is 26.8 Å². The van der Waals surface area contributed by atoms with Gasteiger partial charge < -0.3 is 5.32 Å². The maximum Gasteiger partial charge on any atom is 0.265 e. The Balaban J connectivity index is 1.93. The summed E-state index contributed by atoms with van der Waals surface area (Å²) < 4.78 is 16.8. The van der Waals surface area contributed by atoms with E-state index in [4.69, 9.17) is 0 Å². The van der Waals surface area contributed by atoms with Gasteiger partial charge in [0.2, 0.25) is 0 Å². The summed E-state index contributed by atoms with van der Waals surface area (Å²) in [4.78, 5) is 12.7. The van der Waals surface area contributed by atoms with Crippen molar-refractivity contribution in [1.29, 1.82) is 0 Å². The van der Waals surface area contributed by atoms with E-state index in [0.717, 1.165) is 22.7 Å². The molecule has 0 aliphatic heterocycles. The topological polar surface area (TPSA) is 54.9 Å². The predicted octanol–water partition coefficient (Wildman–Crippen LogP) is 3.20. The van der Waals surface area contributed by atoms with Crippen molar-refractivity contribution in [3.8, 4) is 0 Å². The van der Waals surface area contributed by atoms with Gasteiger partial charge in [-0.2, -0.15) is 0 Å². The summed E-state index contributed by atoms with van der Waals surface area (Å²) in [7, 11) is 0. The number of nitrogens with one attached hydrogen (secondary N) is 1. The Morgan fingerprint density at radius 3 is 2.36 bits per heavy atom. The van der Waals surface area contributed by atoms with Crippen LogP contribution >= 0.6 is 11.5 Å². The third kappa shape index (κ3) is 3.17. The SMILES string of the molecule is O=C(NC(c1ccccc1)c1ccc(F)cc1)c1cnns1. The van der Waals surface area contributed by atoms with Gasteiger partial charge in [-0.3, -0.25) is 4.79 Å². The first kappa shape index (κ1) is 14.3. The predicted molar refractivity (Wildman–Crippen MR) is 82.1 cm³/mol. The number of rotatable bonds is 4. The van der Waals surface area contributed by atoms with Crippen molar-refractivity contribution in [2.75, 3.05) is 0 Å². The Labute approximate surface area is 130 Å². The molecule has 0 aliphatic carbocycles. The molecule has 3 rings (SSSR count). The first-order valence-corrected chi connectivity index (χ1v) is 7.40. The number of benzene rings is 2. The normalized spacial score (nSPS) is 11.9. The molecule has 0 aliphatic rings. The maximum absolute atomic E-state index is 13.1. The third-order valence-electron chi connectivity index (χ3n) is 3.20. The van der Waals surface area contributed by atoms with Crippen LogP contribution in [0.3, 0.4) is 0 Å². The van der Waals surface area contributed by atoms with Gasteiger partial charge in [-0.25, -0.2) is 4.39 Å². The summed E-state index contributed by atoms with van der Waals surface area (Å²) in [6, 6.07) is 15.3. The van der Waals surface area contributed by atoms with E-state index in [-0.39, 0.29) is 17.8 Å². The fourth-order valence-electron chi connectivity index (χ4n) is 2.13. The average Bonchev–Trinajstić information content (AvgIpc) is 3.09. The van der Waals surface area contributed by atoms with Gasteiger partial charge in [0, 0.05) is 0 Å². The lowest BCUT2D eigenvalue weighted by molar-refractivity contribution is 0.0947. The Bertz CT molecular complexity index is 745. The molecule has 1 amide bonds. The average molecular weight is 313 g/mol. The molecule has 0 radical (unpaired) electrons. The van der Waals surface area contributed by atoms with Gasteiger partial charge in [-0.1, -0.05) is 47.0 Å². The molecule has 0 spiro atoms. The lowest BCUT2D eigenvalue weighted by Gasteiger charge is -2.19. The molecule has 0 saturated carbocycles. The van der Waals surface area contributed by atoms with Crippen LogP contribution in [-0.2, 0) is 0 Å². The maximum atomic E-state index is 13.1.